The van der Waals surface area contributed by atoms with Crippen LogP contribution in [0.1, 0.15) is 10.4 Å². The third-order valence-corrected chi connectivity index (χ3v) is 4.42. The van der Waals surface area contributed by atoms with Crippen LogP contribution in [-0.4, -0.2) is 20.5 Å². The summed E-state index contributed by atoms with van der Waals surface area (Å²) in [6.45, 7) is 0. The summed E-state index contributed by atoms with van der Waals surface area (Å²) < 4.78 is 11.4. The number of thiophene rings is 1. The molecule has 3 nitrogen and oxygen atoms in total. The number of carbonyl (C=O) groups excluding carboxylic acids is 1. The first-order chi connectivity index (χ1) is 8.71. The van der Waals surface area contributed by atoms with Crippen molar-refractivity contribution in [3.63, 3.8) is 0 Å². The molecule has 18 heavy (non-hydrogen) atoms. The summed E-state index contributed by atoms with van der Waals surface area (Å²) in [4.78, 5) is 12.2. The van der Waals surface area contributed by atoms with E-state index in [0.717, 1.165) is 21.2 Å². The number of ether oxygens (including phenoxy) is 2. The molecule has 0 amide bonds. The van der Waals surface area contributed by atoms with Crippen LogP contribution >= 0.6 is 27.3 Å². The lowest BCUT2D eigenvalue weighted by Gasteiger charge is -2.11. The average molecular weight is 327 g/mol. The number of hydrogen-bond donors (Lipinski definition) is 0. The summed E-state index contributed by atoms with van der Waals surface area (Å²) in [6, 6.07) is 5.46. The van der Waals surface area contributed by atoms with Crippen molar-refractivity contribution in [3.8, 4) is 21.9 Å². The fraction of sp³-hybridized carbons (Fsp3) is 0.154. The van der Waals surface area contributed by atoms with E-state index in [2.05, 4.69) is 15.9 Å². The molecule has 94 valence electrons. The third kappa shape index (κ3) is 2.28. The Hall–Kier alpha value is -1.33. The molecule has 0 saturated carbocycles. The Morgan fingerprint density at radius 3 is 2.39 bits per heavy atom. The van der Waals surface area contributed by atoms with Crippen LogP contribution in [0.4, 0.5) is 0 Å². The first-order valence-corrected chi connectivity index (χ1v) is 6.83. The fourth-order valence-corrected chi connectivity index (χ4v) is 3.30. The molecule has 0 radical (unpaired) electrons. The molecule has 0 aliphatic carbocycles. The third-order valence-electron chi connectivity index (χ3n) is 2.54. The maximum Gasteiger partial charge on any atom is 0.161 e. The molecular weight excluding hydrogens is 316 g/mol. The number of methoxy groups -OCH3 is 2. The topological polar surface area (TPSA) is 35.5 Å². The van der Waals surface area contributed by atoms with Gasteiger partial charge in [-0.05, 0) is 39.5 Å². The lowest BCUT2D eigenvalue weighted by molar-refractivity contribution is 0.112. The summed E-state index contributed by atoms with van der Waals surface area (Å²) in [5.41, 5.74) is 1.42. The van der Waals surface area contributed by atoms with Crippen molar-refractivity contribution in [2.45, 2.75) is 0 Å². The van der Waals surface area contributed by atoms with Crippen molar-refractivity contribution < 1.29 is 14.3 Å². The van der Waals surface area contributed by atoms with Gasteiger partial charge in [-0.15, -0.1) is 11.3 Å². The smallest absolute Gasteiger partial charge is 0.161 e. The number of rotatable bonds is 4. The highest BCUT2D eigenvalue weighted by Crippen LogP contribution is 2.40. The Balaban J connectivity index is 2.66. The van der Waals surface area contributed by atoms with Gasteiger partial charge in [-0.1, -0.05) is 0 Å². The van der Waals surface area contributed by atoms with E-state index in [4.69, 9.17) is 9.47 Å². The molecule has 1 heterocycles. The molecule has 2 rings (SSSR count). The Morgan fingerprint density at radius 1 is 1.22 bits per heavy atom. The lowest BCUT2D eigenvalue weighted by atomic mass is 10.1. The first kappa shape index (κ1) is 13.1. The van der Waals surface area contributed by atoms with Crippen LogP contribution in [0.2, 0.25) is 0 Å². The van der Waals surface area contributed by atoms with Crippen molar-refractivity contribution >= 4 is 33.6 Å². The second kappa shape index (κ2) is 5.54. The van der Waals surface area contributed by atoms with Gasteiger partial charge in [0.15, 0.2) is 17.8 Å². The van der Waals surface area contributed by atoms with Gasteiger partial charge in [0.05, 0.1) is 14.2 Å². The van der Waals surface area contributed by atoms with Gasteiger partial charge in [-0.25, -0.2) is 0 Å². The van der Waals surface area contributed by atoms with Crippen LogP contribution in [0.25, 0.3) is 10.4 Å². The van der Waals surface area contributed by atoms with E-state index < -0.39 is 0 Å². The van der Waals surface area contributed by atoms with Gasteiger partial charge >= 0.3 is 0 Å². The number of hydrogen-bond acceptors (Lipinski definition) is 4. The van der Waals surface area contributed by atoms with Crippen molar-refractivity contribution in [1.29, 1.82) is 0 Å². The zero-order valence-electron chi connectivity index (χ0n) is 9.90. The standard InChI is InChI=1S/C13H11BrO3S/c1-16-11-5-8(7-15)9(6-12(11)17-2)13-10(14)3-4-18-13/h3-7H,1-2H3. The predicted molar refractivity (Wildman–Crippen MR) is 75.9 cm³/mol. The number of halogens is 1. The van der Waals surface area contributed by atoms with Crippen molar-refractivity contribution in [2.75, 3.05) is 14.2 Å². The molecule has 1 aromatic heterocycles. The van der Waals surface area contributed by atoms with Gasteiger partial charge in [0.2, 0.25) is 0 Å². The van der Waals surface area contributed by atoms with Gasteiger partial charge in [0.25, 0.3) is 0 Å². The van der Waals surface area contributed by atoms with Crippen molar-refractivity contribution in [2.24, 2.45) is 0 Å². The second-order valence-electron chi connectivity index (χ2n) is 3.51. The van der Waals surface area contributed by atoms with Gasteiger partial charge < -0.3 is 9.47 Å². The Morgan fingerprint density at radius 2 is 1.89 bits per heavy atom. The molecule has 0 aliphatic rings. The Labute approximate surface area is 117 Å². The zero-order chi connectivity index (χ0) is 13.1. The fourth-order valence-electron chi connectivity index (χ4n) is 1.67. The highest BCUT2D eigenvalue weighted by Gasteiger charge is 2.15. The normalized spacial score (nSPS) is 10.2. The molecule has 0 fully saturated rings. The highest BCUT2D eigenvalue weighted by molar-refractivity contribution is 9.10. The quantitative estimate of drug-likeness (QED) is 0.796. The van der Waals surface area contributed by atoms with E-state index >= 15 is 0 Å². The number of aldehydes is 1. The van der Waals surface area contributed by atoms with Crippen molar-refractivity contribution in [1.82, 2.24) is 0 Å². The van der Waals surface area contributed by atoms with E-state index in [1.54, 1.807) is 31.6 Å². The average Bonchev–Trinajstić information content (AvgIpc) is 2.83. The first-order valence-electron chi connectivity index (χ1n) is 5.15. The summed E-state index contributed by atoms with van der Waals surface area (Å²) in [5, 5.41) is 1.96. The molecule has 0 aliphatic heterocycles. The molecule has 0 N–H and O–H groups in total. The molecule has 2 aromatic rings. The van der Waals surface area contributed by atoms with E-state index in [-0.39, 0.29) is 0 Å². The van der Waals surface area contributed by atoms with E-state index in [1.807, 2.05) is 17.5 Å². The summed E-state index contributed by atoms with van der Waals surface area (Å²) in [7, 11) is 3.12. The minimum atomic E-state index is 0.552. The molecule has 0 unspecified atom stereocenters. The van der Waals surface area contributed by atoms with Crippen LogP contribution in [0, 0.1) is 0 Å². The van der Waals surface area contributed by atoms with Gasteiger partial charge in [0, 0.05) is 20.5 Å². The van der Waals surface area contributed by atoms with Gasteiger partial charge in [-0.3, -0.25) is 4.79 Å². The van der Waals surface area contributed by atoms with Gasteiger partial charge in [0.1, 0.15) is 0 Å². The number of carbonyl (C=O) groups is 1. The molecule has 0 atom stereocenters. The molecule has 1 aromatic carbocycles. The molecular formula is C13H11BrO3S. The maximum atomic E-state index is 11.2. The van der Waals surface area contributed by atoms with Gasteiger partial charge in [-0.2, -0.15) is 0 Å². The van der Waals surface area contributed by atoms with Crippen LogP contribution in [0.5, 0.6) is 11.5 Å². The largest absolute Gasteiger partial charge is 0.493 e. The van der Waals surface area contributed by atoms with Crippen molar-refractivity contribution in [3.05, 3.63) is 33.6 Å². The summed E-state index contributed by atoms with van der Waals surface area (Å²) in [5.74, 6) is 1.16. The van der Waals surface area contributed by atoms with Crippen LogP contribution in [0.3, 0.4) is 0 Å². The SMILES string of the molecule is COc1cc(C=O)c(-c2sccc2Br)cc1OC. The van der Waals surface area contributed by atoms with Crippen LogP contribution < -0.4 is 9.47 Å². The molecule has 0 spiro atoms. The van der Waals surface area contributed by atoms with E-state index in [0.29, 0.717) is 17.1 Å². The lowest BCUT2D eigenvalue weighted by Crippen LogP contribution is -1.94. The predicted octanol–water partition coefficient (Wildman–Crippen LogP) is 4.01. The highest BCUT2D eigenvalue weighted by atomic mass is 79.9. The Kier molecular flexibility index (Phi) is 4.04. The monoisotopic (exact) mass is 326 g/mol. The number of benzene rings is 1. The molecule has 5 heteroatoms. The maximum absolute atomic E-state index is 11.2. The molecule has 0 saturated heterocycles. The van der Waals surface area contributed by atoms with E-state index in [1.165, 1.54) is 0 Å². The summed E-state index contributed by atoms with van der Waals surface area (Å²) >= 11 is 5.03. The minimum Gasteiger partial charge on any atom is -0.493 e. The van der Waals surface area contributed by atoms with Crippen LogP contribution in [-0.2, 0) is 0 Å². The second-order valence-corrected chi connectivity index (χ2v) is 5.28. The summed E-state index contributed by atoms with van der Waals surface area (Å²) in [6.07, 6.45) is 0.823. The molecule has 0 bridgehead atoms. The van der Waals surface area contributed by atoms with E-state index in [9.17, 15) is 4.79 Å². The Bertz CT molecular complexity index is 578. The zero-order valence-corrected chi connectivity index (χ0v) is 12.3. The minimum absolute atomic E-state index is 0.552. The van der Waals surface area contributed by atoms with Crippen LogP contribution in [0.15, 0.2) is 28.1 Å².